The van der Waals surface area contributed by atoms with E-state index in [1.807, 2.05) is 13.8 Å². The molecule has 158 valence electrons. The standard InChI is InChI=1S/C19H26N4O4S2/c1-5-23(6-2)29(26,27)15-9-7-8-14(12-15)17(24)21-16(13(3)4)18(25)22-19-20-10-11-28-19/h7-13,16H,5-6H2,1-4H3,(H,21,24)(H,20,22,25). The molecule has 0 spiro atoms. The zero-order valence-corrected chi connectivity index (χ0v) is 18.5. The summed E-state index contributed by atoms with van der Waals surface area (Å²) in [5.41, 5.74) is 0.172. The molecule has 0 saturated heterocycles. The number of nitrogens with one attached hydrogen (secondary N) is 2. The average molecular weight is 439 g/mol. The van der Waals surface area contributed by atoms with Gasteiger partial charge in [0, 0.05) is 30.2 Å². The Morgan fingerprint density at radius 1 is 1.21 bits per heavy atom. The van der Waals surface area contributed by atoms with Crippen molar-refractivity contribution in [3.63, 3.8) is 0 Å². The van der Waals surface area contributed by atoms with E-state index in [2.05, 4.69) is 15.6 Å². The number of rotatable bonds is 9. The summed E-state index contributed by atoms with van der Waals surface area (Å²) >= 11 is 1.28. The van der Waals surface area contributed by atoms with Crippen molar-refractivity contribution in [3.8, 4) is 0 Å². The van der Waals surface area contributed by atoms with Crippen LogP contribution in [0.3, 0.4) is 0 Å². The molecule has 0 aliphatic rings. The van der Waals surface area contributed by atoms with E-state index in [4.69, 9.17) is 0 Å². The maximum Gasteiger partial charge on any atom is 0.251 e. The number of sulfonamides is 1. The van der Waals surface area contributed by atoms with Gasteiger partial charge in [0.15, 0.2) is 5.13 Å². The number of hydrogen-bond donors (Lipinski definition) is 2. The van der Waals surface area contributed by atoms with Crippen molar-refractivity contribution >= 4 is 38.3 Å². The highest BCUT2D eigenvalue weighted by Crippen LogP contribution is 2.18. The van der Waals surface area contributed by atoms with E-state index < -0.39 is 22.0 Å². The van der Waals surface area contributed by atoms with Gasteiger partial charge in [0.25, 0.3) is 5.91 Å². The molecular weight excluding hydrogens is 412 g/mol. The predicted molar refractivity (Wildman–Crippen MR) is 113 cm³/mol. The van der Waals surface area contributed by atoms with Crippen LogP contribution >= 0.6 is 11.3 Å². The zero-order chi connectivity index (χ0) is 21.6. The number of benzene rings is 1. The summed E-state index contributed by atoms with van der Waals surface area (Å²) in [5, 5.41) is 7.56. The number of anilines is 1. The van der Waals surface area contributed by atoms with E-state index in [0.29, 0.717) is 18.2 Å². The van der Waals surface area contributed by atoms with Crippen LogP contribution < -0.4 is 10.6 Å². The van der Waals surface area contributed by atoms with Crippen LogP contribution in [0.15, 0.2) is 40.7 Å². The van der Waals surface area contributed by atoms with Gasteiger partial charge < -0.3 is 10.6 Å². The second-order valence-electron chi connectivity index (χ2n) is 6.64. The number of thiazole rings is 1. The molecule has 0 aliphatic heterocycles. The number of hydrogen-bond acceptors (Lipinski definition) is 6. The van der Waals surface area contributed by atoms with Crippen molar-refractivity contribution in [1.82, 2.24) is 14.6 Å². The first-order valence-corrected chi connectivity index (χ1v) is 11.6. The van der Waals surface area contributed by atoms with Crippen LogP contribution in [0.1, 0.15) is 38.1 Å². The van der Waals surface area contributed by atoms with Gasteiger partial charge in [0.05, 0.1) is 4.90 Å². The van der Waals surface area contributed by atoms with Gasteiger partial charge in [-0.15, -0.1) is 11.3 Å². The lowest BCUT2D eigenvalue weighted by Crippen LogP contribution is -2.47. The molecule has 0 saturated carbocycles. The molecule has 2 rings (SSSR count). The summed E-state index contributed by atoms with van der Waals surface area (Å²) < 4.78 is 26.7. The van der Waals surface area contributed by atoms with E-state index in [-0.39, 0.29) is 22.3 Å². The van der Waals surface area contributed by atoms with Crippen LogP contribution in [0.5, 0.6) is 0 Å². The molecule has 0 radical (unpaired) electrons. The number of nitrogens with zero attached hydrogens (tertiary/aromatic N) is 2. The molecule has 1 aromatic carbocycles. The Morgan fingerprint density at radius 3 is 2.45 bits per heavy atom. The third-order valence-electron chi connectivity index (χ3n) is 4.34. The monoisotopic (exact) mass is 438 g/mol. The second-order valence-corrected chi connectivity index (χ2v) is 9.47. The normalized spacial score (nSPS) is 12.8. The molecule has 0 bridgehead atoms. The minimum Gasteiger partial charge on any atom is -0.340 e. The largest absolute Gasteiger partial charge is 0.340 e. The molecule has 1 unspecified atom stereocenters. The van der Waals surface area contributed by atoms with E-state index >= 15 is 0 Å². The van der Waals surface area contributed by atoms with Crippen LogP contribution in [0.4, 0.5) is 5.13 Å². The van der Waals surface area contributed by atoms with Gasteiger partial charge in [-0.05, 0) is 24.1 Å². The lowest BCUT2D eigenvalue weighted by atomic mass is 10.0. The lowest BCUT2D eigenvalue weighted by Gasteiger charge is -2.22. The summed E-state index contributed by atoms with van der Waals surface area (Å²) in [5.74, 6) is -1.08. The molecule has 1 aromatic heterocycles. The number of aromatic nitrogens is 1. The van der Waals surface area contributed by atoms with Crippen LogP contribution in [0.25, 0.3) is 0 Å². The quantitative estimate of drug-likeness (QED) is 0.625. The van der Waals surface area contributed by atoms with Crippen LogP contribution in [0.2, 0.25) is 0 Å². The first-order chi connectivity index (χ1) is 13.7. The van der Waals surface area contributed by atoms with Crippen molar-refractivity contribution in [2.45, 2.75) is 38.6 Å². The molecule has 29 heavy (non-hydrogen) atoms. The maximum absolute atomic E-state index is 12.7. The van der Waals surface area contributed by atoms with Crippen molar-refractivity contribution in [2.75, 3.05) is 18.4 Å². The van der Waals surface area contributed by atoms with Crippen LogP contribution in [-0.2, 0) is 14.8 Å². The van der Waals surface area contributed by atoms with Crippen molar-refractivity contribution in [1.29, 1.82) is 0 Å². The minimum absolute atomic E-state index is 0.0437. The highest BCUT2D eigenvalue weighted by molar-refractivity contribution is 7.89. The molecule has 0 fully saturated rings. The molecule has 1 atom stereocenters. The van der Waals surface area contributed by atoms with Gasteiger partial charge in [0.2, 0.25) is 15.9 Å². The molecule has 2 N–H and O–H groups in total. The van der Waals surface area contributed by atoms with Crippen LogP contribution in [0, 0.1) is 5.92 Å². The van der Waals surface area contributed by atoms with Crippen molar-refractivity contribution in [2.24, 2.45) is 5.92 Å². The molecule has 10 heteroatoms. The molecule has 8 nitrogen and oxygen atoms in total. The lowest BCUT2D eigenvalue weighted by molar-refractivity contribution is -0.118. The van der Waals surface area contributed by atoms with Gasteiger partial charge in [0.1, 0.15) is 6.04 Å². The minimum atomic E-state index is -3.69. The predicted octanol–water partition coefficient (Wildman–Crippen LogP) is 2.57. The molecule has 2 aromatic rings. The third kappa shape index (κ3) is 5.62. The summed E-state index contributed by atoms with van der Waals surface area (Å²) in [7, 11) is -3.69. The number of amides is 2. The highest BCUT2D eigenvalue weighted by atomic mass is 32.2. The number of carbonyl (C=O) groups excluding carboxylic acids is 2. The van der Waals surface area contributed by atoms with Crippen LogP contribution in [-0.4, -0.2) is 48.7 Å². The Hall–Kier alpha value is -2.30. The Kier molecular flexibility index (Phi) is 7.88. The van der Waals surface area contributed by atoms with E-state index in [1.54, 1.807) is 25.4 Å². The Morgan fingerprint density at radius 2 is 1.90 bits per heavy atom. The maximum atomic E-state index is 12.7. The SMILES string of the molecule is CCN(CC)S(=O)(=O)c1cccc(C(=O)NC(C(=O)Nc2nccs2)C(C)C)c1. The summed E-state index contributed by atoms with van der Waals surface area (Å²) in [6.07, 6.45) is 1.57. The fraction of sp³-hybridized carbons (Fsp3) is 0.421. The first-order valence-electron chi connectivity index (χ1n) is 9.32. The first kappa shape index (κ1) is 23.0. The third-order valence-corrected chi connectivity index (χ3v) is 7.07. The van der Waals surface area contributed by atoms with Crippen molar-refractivity contribution < 1.29 is 18.0 Å². The molecule has 1 heterocycles. The summed E-state index contributed by atoms with van der Waals surface area (Å²) in [4.78, 5) is 29.3. The molecule has 2 amide bonds. The topological polar surface area (TPSA) is 108 Å². The van der Waals surface area contributed by atoms with E-state index in [0.717, 1.165) is 0 Å². The Labute approximate surface area is 175 Å². The Bertz CT molecular complexity index is 939. The van der Waals surface area contributed by atoms with Gasteiger partial charge in [-0.3, -0.25) is 9.59 Å². The van der Waals surface area contributed by atoms with Gasteiger partial charge in [-0.25, -0.2) is 13.4 Å². The average Bonchev–Trinajstić information content (AvgIpc) is 3.19. The molecule has 0 aliphatic carbocycles. The van der Waals surface area contributed by atoms with Gasteiger partial charge in [-0.2, -0.15) is 4.31 Å². The summed E-state index contributed by atoms with van der Waals surface area (Å²) in [6, 6.07) is 5.03. The zero-order valence-electron chi connectivity index (χ0n) is 16.9. The summed E-state index contributed by atoms with van der Waals surface area (Å²) in [6.45, 7) is 7.81. The van der Waals surface area contributed by atoms with Gasteiger partial charge >= 0.3 is 0 Å². The fourth-order valence-electron chi connectivity index (χ4n) is 2.74. The van der Waals surface area contributed by atoms with E-state index in [9.17, 15) is 18.0 Å². The highest BCUT2D eigenvalue weighted by Gasteiger charge is 2.27. The number of carbonyl (C=O) groups is 2. The fourth-order valence-corrected chi connectivity index (χ4v) is 4.77. The van der Waals surface area contributed by atoms with Crippen molar-refractivity contribution in [3.05, 3.63) is 41.4 Å². The van der Waals surface area contributed by atoms with Gasteiger partial charge in [-0.1, -0.05) is 33.8 Å². The van der Waals surface area contributed by atoms with E-state index in [1.165, 1.54) is 39.9 Å². The smallest absolute Gasteiger partial charge is 0.251 e. The second kappa shape index (κ2) is 9.95. The molecular formula is C19H26N4O4S2. The Balaban J connectivity index is 2.21.